The predicted octanol–water partition coefficient (Wildman–Crippen LogP) is 3.36. The van der Waals surface area contributed by atoms with E-state index in [9.17, 15) is 0 Å². The van der Waals surface area contributed by atoms with E-state index in [0.29, 0.717) is 0 Å². The van der Waals surface area contributed by atoms with Gasteiger partial charge in [-0.3, -0.25) is 0 Å². The minimum atomic E-state index is 0.122. The number of benzene rings is 1. The first-order chi connectivity index (χ1) is 7.31. The molecule has 78 valence electrons. The first-order valence-corrected chi connectivity index (χ1v) is 5.19. The molecule has 0 aliphatic heterocycles. The molecule has 0 saturated carbocycles. The smallest absolute Gasteiger partial charge is 0.0980 e. The van der Waals surface area contributed by atoms with Gasteiger partial charge in [0.2, 0.25) is 0 Å². The molecule has 1 aromatic carbocycles. The third-order valence-electron chi connectivity index (χ3n) is 2.61. The fourth-order valence-electron chi connectivity index (χ4n) is 1.61. The van der Waals surface area contributed by atoms with Gasteiger partial charge in [0.05, 0.1) is 12.5 Å². The van der Waals surface area contributed by atoms with E-state index in [-0.39, 0.29) is 6.04 Å². The molecule has 15 heavy (non-hydrogen) atoms. The second-order valence-electron chi connectivity index (χ2n) is 3.65. The first kappa shape index (κ1) is 9.99. The van der Waals surface area contributed by atoms with Crippen LogP contribution < -0.4 is 5.73 Å². The number of rotatable bonds is 3. The molecule has 0 radical (unpaired) electrons. The summed E-state index contributed by atoms with van der Waals surface area (Å²) in [6.07, 6.45) is 4.38. The van der Waals surface area contributed by atoms with Crippen molar-refractivity contribution in [1.82, 2.24) is 0 Å². The Labute approximate surface area is 89.7 Å². The Hall–Kier alpha value is -1.54. The quantitative estimate of drug-likeness (QED) is 0.827. The van der Waals surface area contributed by atoms with Crippen LogP contribution in [-0.4, -0.2) is 0 Å². The minimum Gasteiger partial charge on any atom is -0.472 e. The van der Waals surface area contributed by atoms with Crippen LogP contribution in [0.1, 0.15) is 24.9 Å². The van der Waals surface area contributed by atoms with Gasteiger partial charge in [-0.1, -0.05) is 25.1 Å². The van der Waals surface area contributed by atoms with E-state index in [0.717, 1.165) is 17.5 Å². The summed E-state index contributed by atoms with van der Waals surface area (Å²) in [6.45, 7) is 2.09. The molecule has 0 saturated heterocycles. The third-order valence-corrected chi connectivity index (χ3v) is 2.61. The molecule has 1 unspecified atom stereocenters. The number of hydrogen-bond donors (Lipinski definition) is 1. The van der Waals surface area contributed by atoms with E-state index >= 15 is 0 Å². The van der Waals surface area contributed by atoms with Gasteiger partial charge in [0.25, 0.3) is 0 Å². The summed E-state index contributed by atoms with van der Waals surface area (Å²) in [6, 6.07) is 10.4. The van der Waals surface area contributed by atoms with Gasteiger partial charge in [0.1, 0.15) is 0 Å². The predicted molar refractivity (Wildman–Crippen MR) is 61.4 cm³/mol. The van der Waals surface area contributed by atoms with Gasteiger partial charge in [0, 0.05) is 11.6 Å². The average molecular weight is 201 g/mol. The fourth-order valence-corrected chi connectivity index (χ4v) is 1.61. The Kier molecular flexibility index (Phi) is 2.88. The number of furan rings is 1. The normalized spacial score (nSPS) is 12.7. The van der Waals surface area contributed by atoms with Crippen LogP contribution in [0, 0.1) is 0 Å². The second-order valence-corrected chi connectivity index (χ2v) is 3.65. The van der Waals surface area contributed by atoms with E-state index in [2.05, 4.69) is 25.1 Å². The summed E-state index contributed by atoms with van der Waals surface area (Å²) in [5.74, 6) is 0. The highest BCUT2D eigenvalue weighted by atomic mass is 16.3. The molecule has 1 heterocycles. The Bertz CT molecular complexity index is 420. The summed E-state index contributed by atoms with van der Waals surface area (Å²) in [5.41, 5.74) is 9.43. The van der Waals surface area contributed by atoms with Crippen LogP contribution in [-0.2, 0) is 0 Å². The maximum Gasteiger partial charge on any atom is 0.0980 e. The van der Waals surface area contributed by atoms with Crippen molar-refractivity contribution in [3.8, 4) is 11.1 Å². The van der Waals surface area contributed by atoms with Gasteiger partial charge in [-0.25, -0.2) is 0 Å². The summed E-state index contributed by atoms with van der Waals surface area (Å²) >= 11 is 0. The lowest BCUT2D eigenvalue weighted by atomic mass is 10.0. The molecular formula is C13H15NO. The maximum absolute atomic E-state index is 5.99. The molecule has 2 rings (SSSR count). The minimum absolute atomic E-state index is 0.122. The van der Waals surface area contributed by atoms with Crippen molar-refractivity contribution < 1.29 is 4.42 Å². The molecule has 0 bridgehead atoms. The van der Waals surface area contributed by atoms with E-state index in [4.69, 9.17) is 10.2 Å². The van der Waals surface area contributed by atoms with Crippen LogP contribution >= 0.6 is 0 Å². The van der Waals surface area contributed by atoms with E-state index in [1.165, 1.54) is 5.56 Å². The average Bonchev–Trinajstić information content (AvgIpc) is 2.82. The zero-order valence-corrected chi connectivity index (χ0v) is 8.81. The van der Waals surface area contributed by atoms with Crippen molar-refractivity contribution in [1.29, 1.82) is 0 Å². The molecule has 1 aromatic heterocycles. The highest BCUT2D eigenvalue weighted by Gasteiger charge is 2.05. The lowest BCUT2D eigenvalue weighted by Crippen LogP contribution is -2.08. The lowest BCUT2D eigenvalue weighted by molar-refractivity contribution is 0.568. The molecule has 2 N–H and O–H groups in total. The lowest BCUT2D eigenvalue weighted by Gasteiger charge is -2.10. The van der Waals surface area contributed by atoms with Gasteiger partial charge in [-0.05, 0) is 29.7 Å². The molecule has 0 aliphatic rings. The van der Waals surface area contributed by atoms with Crippen LogP contribution in [0.25, 0.3) is 11.1 Å². The van der Waals surface area contributed by atoms with Crippen molar-refractivity contribution >= 4 is 0 Å². The zero-order valence-electron chi connectivity index (χ0n) is 8.81. The SMILES string of the molecule is CCC(N)c1cccc(-c2ccoc2)c1. The molecule has 0 aliphatic carbocycles. The van der Waals surface area contributed by atoms with Crippen LogP contribution in [0.3, 0.4) is 0 Å². The Morgan fingerprint density at radius 1 is 1.27 bits per heavy atom. The van der Waals surface area contributed by atoms with E-state index < -0.39 is 0 Å². The van der Waals surface area contributed by atoms with Crippen LogP contribution in [0.4, 0.5) is 0 Å². The topological polar surface area (TPSA) is 39.2 Å². The van der Waals surface area contributed by atoms with Gasteiger partial charge in [-0.2, -0.15) is 0 Å². The van der Waals surface area contributed by atoms with Gasteiger partial charge < -0.3 is 10.2 Å². The van der Waals surface area contributed by atoms with Gasteiger partial charge in [0.15, 0.2) is 0 Å². The molecule has 0 fully saturated rings. The van der Waals surface area contributed by atoms with Crippen LogP contribution in [0.5, 0.6) is 0 Å². The van der Waals surface area contributed by atoms with Crippen molar-refractivity contribution in [3.05, 3.63) is 48.4 Å². The highest BCUT2D eigenvalue weighted by molar-refractivity contribution is 5.62. The molecular weight excluding hydrogens is 186 g/mol. The summed E-state index contributed by atoms with van der Waals surface area (Å²) in [5, 5.41) is 0. The molecule has 2 aromatic rings. The summed E-state index contributed by atoms with van der Waals surface area (Å²) in [4.78, 5) is 0. The number of nitrogens with two attached hydrogens (primary N) is 1. The standard InChI is InChI=1S/C13H15NO/c1-2-13(14)11-5-3-4-10(8-11)12-6-7-15-9-12/h3-9,13H,2,14H2,1H3. The van der Waals surface area contributed by atoms with Crippen molar-refractivity contribution in [2.45, 2.75) is 19.4 Å². The number of hydrogen-bond acceptors (Lipinski definition) is 2. The van der Waals surface area contributed by atoms with Crippen LogP contribution in [0.2, 0.25) is 0 Å². The molecule has 2 heteroatoms. The third kappa shape index (κ3) is 2.10. The Morgan fingerprint density at radius 2 is 2.13 bits per heavy atom. The Morgan fingerprint density at radius 3 is 2.80 bits per heavy atom. The molecule has 0 spiro atoms. The van der Waals surface area contributed by atoms with Gasteiger partial charge >= 0.3 is 0 Å². The summed E-state index contributed by atoms with van der Waals surface area (Å²) < 4.78 is 5.06. The summed E-state index contributed by atoms with van der Waals surface area (Å²) in [7, 11) is 0. The monoisotopic (exact) mass is 201 g/mol. The molecule has 2 nitrogen and oxygen atoms in total. The molecule has 1 atom stereocenters. The first-order valence-electron chi connectivity index (χ1n) is 5.19. The van der Waals surface area contributed by atoms with E-state index in [1.807, 2.05) is 12.1 Å². The van der Waals surface area contributed by atoms with Crippen LogP contribution in [0.15, 0.2) is 47.3 Å². The van der Waals surface area contributed by atoms with E-state index in [1.54, 1.807) is 12.5 Å². The fraction of sp³-hybridized carbons (Fsp3) is 0.231. The molecule has 0 amide bonds. The van der Waals surface area contributed by atoms with Crippen molar-refractivity contribution in [3.63, 3.8) is 0 Å². The van der Waals surface area contributed by atoms with Crippen molar-refractivity contribution in [2.75, 3.05) is 0 Å². The Balaban J connectivity index is 2.35. The zero-order chi connectivity index (χ0) is 10.7. The van der Waals surface area contributed by atoms with Crippen molar-refractivity contribution in [2.24, 2.45) is 5.73 Å². The largest absolute Gasteiger partial charge is 0.472 e. The maximum atomic E-state index is 5.99. The second kappa shape index (κ2) is 4.32. The van der Waals surface area contributed by atoms with Gasteiger partial charge in [-0.15, -0.1) is 0 Å². The highest BCUT2D eigenvalue weighted by Crippen LogP contribution is 2.23.